The first kappa shape index (κ1) is 27.9. The second-order valence-electron chi connectivity index (χ2n) is 12.5. The van der Waals surface area contributed by atoms with Crippen molar-refractivity contribution >= 4 is 34.7 Å². The first-order valence-corrected chi connectivity index (χ1v) is 17.1. The van der Waals surface area contributed by atoms with Crippen LogP contribution in [0.4, 0.5) is 0 Å². The number of benzene rings is 6. The van der Waals surface area contributed by atoms with Crippen LogP contribution < -0.4 is 0 Å². The fourth-order valence-electron chi connectivity index (χ4n) is 7.37. The van der Waals surface area contributed by atoms with E-state index in [4.69, 9.17) is 0 Å². The number of hydrogen-bond acceptors (Lipinski definition) is 1. The highest BCUT2D eigenvalue weighted by atomic mass is 32.2. The molecule has 0 nitrogen and oxygen atoms in total. The maximum Gasteiger partial charge on any atom is 0.0207 e. The van der Waals surface area contributed by atoms with Gasteiger partial charge in [0, 0.05) is 15.2 Å². The second-order valence-corrected chi connectivity index (χ2v) is 13.6. The van der Waals surface area contributed by atoms with E-state index in [-0.39, 0.29) is 0 Å². The summed E-state index contributed by atoms with van der Waals surface area (Å²) >= 11 is 1.88. The minimum absolute atomic E-state index is 0.925. The van der Waals surface area contributed by atoms with Gasteiger partial charge in [0.1, 0.15) is 0 Å². The van der Waals surface area contributed by atoms with E-state index in [0.717, 1.165) is 6.42 Å². The molecule has 1 aliphatic heterocycles. The van der Waals surface area contributed by atoms with Crippen molar-refractivity contribution in [1.82, 2.24) is 0 Å². The molecule has 0 N–H and O–H groups in total. The van der Waals surface area contributed by atoms with Crippen molar-refractivity contribution in [3.63, 3.8) is 0 Å². The van der Waals surface area contributed by atoms with Crippen LogP contribution in [-0.4, -0.2) is 0 Å². The lowest BCUT2D eigenvalue weighted by atomic mass is 9.85. The second kappa shape index (κ2) is 11.5. The monoisotopic (exact) mass is 616 g/mol. The van der Waals surface area contributed by atoms with Crippen LogP contribution in [0.3, 0.4) is 0 Å². The summed E-state index contributed by atoms with van der Waals surface area (Å²) in [5.74, 6) is 0. The van der Waals surface area contributed by atoms with Gasteiger partial charge in [0.05, 0.1) is 0 Å². The van der Waals surface area contributed by atoms with Crippen LogP contribution in [0.15, 0.2) is 173 Å². The van der Waals surface area contributed by atoms with E-state index < -0.39 is 0 Å². The Balaban J connectivity index is 1.29. The van der Waals surface area contributed by atoms with Gasteiger partial charge in [0.15, 0.2) is 0 Å². The van der Waals surface area contributed by atoms with Crippen molar-refractivity contribution < 1.29 is 0 Å². The molecule has 0 saturated carbocycles. The molecule has 0 spiro atoms. The van der Waals surface area contributed by atoms with Gasteiger partial charge in [-0.1, -0.05) is 151 Å². The molecule has 0 amide bonds. The van der Waals surface area contributed by atoms with Gasteiger partial charge in [-0.05, 0) is 116 Å². The summed E-state index contributed by atoms with van der Waals surface area (Å²) in [4.78, 5) is 2.65. The fraction of sp³-hybridized carbons (Fsp3) is 0.0435. The van der Waals surface area contributed by atoms with Gasteiger partial charge in [0.2, 0.25) is 0 Å². The number of hydrogen-bond donors (Lipinski definition) is 0. The lowest BCUT2D eigenvalue weighted by Crippen LogP contribution is -1.98. The molecular formula is C46H32S. The molecule has 3 aliphatic rings. The first-order valence-electron chi connectivity index (χ1n) is 16.3. The Hall–Kier alpha value is -5.37. The Bertz CT molecular complexity index is 2390. The summed E-state index contributed by atoms with van der Waals surface area (Å²) < 4.78 is 0. The average molecular weight is 617 g/mol. The molecule has 2 aliphatic carbocycles. The van der Waals surface area contributed by atoms with E-state index in [1.54, 1.807) is 0 Å². The largest absolute Gasteiger partial charge is 0.0888 e. The van der Waals surface area contributed by atoms with Crippen molar-refractivity contribution in [2.24, 2.45) is 0 Å². The van der Waals surface area contributed by atoms with Crippen molar-refractivity contribution in [2.45, 2.75) is 23.1 Å². The zero-order valence-corrected chi connectivity index (χ0v) is 27.0. The van der Waals surface area contributed by atoms with Crippen LogP contribution in [0, 0.1) is 0 Å². The molecule has 9 rings (SSSR count). The molecule has 0 radical (unpaired) electrons. The Labute approximate surface area is 280 Å². The van der Waals surface area contributed by atoms with Gasteiger partial charge in [-0.25, -0.2) is 0 Å². The summed E-state index contributed by atoms with van der Waals surface area (Å²) in [5, 5.41) is 2.65. The molecule has 1 heteroatoms. The summed E-state index contributed by atoms with van der Waals surface area (Å²) in [6.45, 7) is 2.27. The predicted octanol–water partition coefficient (Wildman–Crippen LogP) is 13.0. The normalized spacial score (nSPS) is 16.4. The molecule has 0 saturated heterocycles. The van der Waals surface area contributed by atoms with Crippen molar-refractivity contribution in [1.29, 1.82) is 0 Å². The molecule has 47 heavy (non-hydrogen) atoms. The number of rotatable bonds is 3. The fourth-order valence-corrected chi connectivity index (χ4v) is 8.50. The molecule has 6 aromatic rings. The highest BCUT2D eigenvalue weighted by Crippen LogP contribution is 2.50. The molecule has 0 fully saturated rings. The van der Waals surface area contributed by atoms with E-state index in [0.29, 0.717) is 0 Å². The summed E-state index contributed by atoms with van der Waals surface area (Å²) in [6, 6.07) is 42.9. The smallest absolute Gasteiger partial charge is 0.0207 e. The summed E-state index contributed by atoms with van der Waals surface area (Å²) in [5.41, 5.74) is 16.7. The van der Waals surface area contributed by atoms with Crippen LogP contribution in [0.2, 0.25) is 0 Å². The third-order valence-electron chi connectivity index (χ3n) is 9.70. The van der Waals surface area contributed by atoms with Gasteiger partial charge in [0.25, 0.3) is 0 Å². The van der Waals surface area contributed by atoms with Gasteiger partial charge >= 0.3 is 0 Å². The topological polar surface area (TPSA) is 0 Å². The standard InChI is InChI=1S/C46H32S/c1-30-26-43-33-21-20-31(30)12-5-2-3-8-15-39(43)37(23-22-33)35-27-34(32-13-6-4-7-14-32)28-36(29-35)38-24-25-45-46-41(38)17-11-18-42(46)40-16-9-10-19-44(40)47-45/h2-25,27-29H,26H2,1H3/b3-2+,12-5-,15-8-. The number of allylic oxidation sites excluding steroid dienone is 8. The Morgan fingerprint density at radius 1 is 0.489 bits per heavy atom. The van der Waals surface area contributed by atoms with Crippen LogP contribution >= 0.6 is 11.8 Å². The third-order valence-corrected chi connectivity index (χ3v) is 10.8. The summed E-state index contributed by atoms with van der Waals surface area (Å²) in [7, 11) is 0. The van der Waals surface area contributed by atoms with Gasteiger partial charge in [-0.2, -0.15) is 0 Å². The maximum atomic E-state index is 2.41. The SMILES string of the molecule is CC1=C2C=Cc3ccc(-c4cc(-c5ccccc5)cc(-c5ccc6c7c(cccc57)-c5ccccc5S6)c4)c(c3C1)\C=C/C=C/C=C\2. The molecular weight excluding hydrogens is 585 g/mol. The minimum Gasteiger partial charge on any atom is -0.0888 e. The molecule has 0 atom stereocenters. The van der Waals surface area contributed by atoms with Crippen LogP contribution in [-0.2, 0) is 6.42 Å². The van der Waals surface area contributed by atoms with Crippen molar-refractivity contribution in [2.75, 3.05) is 0 Å². The van der Waals surface area contributed by atoms with Crippen molar-refractivity contribution in [3.05, 3.63) is 180 Å². The average Bonchev–Trinajstić information content (AvgIpc) is 3.29. The lowest BCUT2D eigenvalue weighted by molar-refractivity contribution is 1.12. The highest BCUT2D eigenvalue weighted by Gasteiger charge is 2.22. The first-order chi connectivity index (χ1) is 23.2. The zero-order valence-electron chi connectivity index (χ0n) is 26.2. The van der Waals surface area contributed by atoms with Gasteiger partial charge in [-0.3, -0.25) is 0 Å². The predicted molar refractivity (Wildman–Crippen MR) is 203 cm³/mol. The Morgan fingerprint density at radius 2 is 1.23 bits per heavy atom. The van der Waals surface area contributed by atoms with E-state index in [1.165, 1.54) is 92.9 Å². The maximum absolute atomic E-state index is 2.41. The quantitative estimate of drug-likeness (QED) is 0.190. The minimum atomic E-state index is 0.925. The molecule has 222 valence electrons. The summed E-state index contributed by atoms with van der Waals surface area (Å²) in [6.07, 6.45) is 18.6. The molecule has 1 heterocycles. The molecule has 6 aromatic carbocycles. The van der Waals surface area contributed by atoms with E-state index in [2.05, 4.69) is 171 Å². The zero-order chi connectivity index (χ0) is 31.3. The van der Waals surface area contributed by atoms with E-state index in [1.807, 2.05) is 11.8 Å². The molecule has 2 bridgehead atoms. The Kier molecular flexibility index (Phi) is 6.80. The van der Waals surface area contributed by atoms with Crippen LogP contribution in [0.1, 0.15) is 23.6 Å². The third kappa shape index (κ3) is 4.87. The van der Waals surface area contributed by atoms with Crippen LogP contribution in [0.5, 0.6) is 0 Å². The number of fused-ring (bicyclic) bond motifs is 3. The van der Waals surface area contributed by atoms with Crippen molar-refractivity contribution in [3.8, 4) is 44.5 Å². The Morgan fingerprint density at radius 3 is 2.13 bits per heavy atom. The van der Waals surface area contributed by atoms with E-state index in [9.17, 15) is 0 Å². The lowest BCUT2D eigenvalue weighted by Gasteiger charge is -2.22. The van der Waals surface area contributed by atoms with Gasteiger partial charge < -0.3 is 0 Å². The molecule has 0 aromatic heterocycles. The van der Waals surface area contributed by atoms with E-state index >= 15 is 0 Å². The van der Waals surface area contributed by atoms with Crippen LogP contribution in [0.25, 0.3) is 67.4 Å². The highest BCUT2D eigenvalue weighted by molar-refractivity contribution is 7.99. The van der Waals surface area contributed by atoms with Gasteiger partial charge in [-0.15, -0.1) is 0 Å². The molecule has 0 unspecified atom stereocenters.